The summed E-state index contributed by atoms with van der Waals surface area (Å²) in [6, 6.07) is 51.9. The molecule has 4 N–H and O–H groups in total. The normalized spacial score (nSPS) is 20.4. The highest BCUT2D eigenvalue weighted by Gasteiger charge is 2.54. The van der Waals surface area contributed by atoms with Gasteiger partial charge in [0.1, 0.15) is 17.0 Å². The van der Waals surface area contributed by atoms with E-state index in [4.69, 9.17) is 15.2 Å². The van der Waals surface area contributed by atoms with Crippen molar-refractivity contribution >= 4 is 49.8 Å². The number of likely N-dealkylation sites (tertiary alicyclic amines) is 2. The first-order valence-corrected chi connectivity index (χ1v) is 42.3. The largest absolute Gasteiger partial charge is 0.444 e. The SMILES string of the molecule is CC.CC.CC(C)(C)OC(=O)N1CCC2(CC1)C(=O)Cc1ccccc12.CC(C)(C)OC(=O)N1CCC2(CC1)c1ccccc1CC2N.CCCS(=O)(=O)N1CCC2(CC1)c1ccccc1CC2NC(=O)c1ccccc1.Cn1cnc(S(=O)(=O)N2CCC3(CC2)c2ccccc2CC3NC(=O)c2ccccc2)c1. The molecule has 15 rings (SSSR count). The zero-order valence-corrected chi connectivity index (χ0v) is 67.7. The van der Waals surface area contributed by atoms with Gasteiger partial charge in [0.25, 0.3) is 21.8 Å². The fraction of sp³-hybridized carbons (Fsp3) is 0.494. The van der Waals surface area contributed by atoms with E-state index >= 15 is 0 Å². The summed E-state index contributed by atoms with van der Waals surface area (Å²) >= 11 is 0. The Hall–Kier alpha value is -8.54. The molecule has 7 aromatic rings. The van der Waals surface area contributed by atoms with E-state index < -0.39 is 31.2 Å². The van der Waals surface area contributed by atoms with Crippen molar-refractivity contribution in [3.05, 3.63) is 226 Å². The smallest absolute Gasteiger partial charge is 0.410 e. The number of aromatic nitrogens is 2. The minimum Gasteiger partial charge on any atom is -0.444 e. The van der Waals surface area contributed by atoms with Gasteiger partial charge in [0.05, 0.1) is 17.5 Å². The number of piperidine rings is 4. The van der Waals surface area contributed by atoms with Gasteiger partial charge in [0, 0.05) is 118 Å². The summed E-state index contributed by atoms with van der Waals surface area (Å²) in [5, 5.41) is 6.62. The Bertz CT molecular complexity index is 4520. The van der Waals surface area contributed by atoms with Gasteiger partial charge in [0.2, 0.25) is 10.0 Å². The Balaban J connectivity index is 0.000000154. The Kier molecular flexibility index (Phi) is 26.5. The third-order valence-corrected chi connectivity index (χ3v) is 26.9. The van der Waals surface area contributed by atoms with Crippen molar-refractivity contribution in [1.82, 2.24) is 38.6 Å². The van der Waals surface area contributed by atoms with E-state index in [0.717, 1.165) is 63.6 Å². The minimum absolute atomic E-state index is 0.0244. The lowest BCUT2D eigenvalue weighted by Crippen LogP contribution is -2.54. The molecule has 5 heterocycles. The Morgan fingerprint density at radius 3 is 1.28 bits per heavy atom. The first-order chi connectivity index (χ1) is 52.0. The number of ether oxygens (including phenoxy) is 2. The number of carbonyl (C=O) groups is 5. The predicted octanol–water partition coefficient (Wildman–Crippen LogP) is 13.6. The van der Waals surface area contributed by atoms with Gasteiger partial charge in [-0.1, -0.05) is 168 Å². The maximum absolute atomic E-state index is 13.1. The van der Waals surface area contributed by atoms with Crippen molar-refractivity contribution in [3.8, 4) is 0 Å². The van der Waals surface area contributed by atoms with Crippen LogP contribution in [0.25, 0.3) is 0 Å². The van der Waals surface area contributed by atoms with Gasteiger partial charge in [-0.2, -0.15) is 4.31 Å². The van der Waals surface area contributed by atoms with E-state index in [1.165, 1.54) is 55.8 Å². The highest BCUT2D eigenvalue weighted by molar-refractivity contribution is 7.89. The minimum atomic E-state index is -3.63. The first kappa shape index (κ1) is 82.9. The average Bonchev–Trinajstić information content (AvgIpc) is 1.62. The maximum Gasteiger partial charge on any atom is 0.410 e. The van der Waals surface area contributed by atoms with Crippen molar-refractivity contribution in [3.63, 3.8) is 0 Å². The molecule has 1 aromatic heterocycles. The number of nitrogens with one attached hydrogen (secondary N) is 2. The van der Waals surface area contributed by atoms with E-state index in [1.54, 1.807) is 20.8 Å². The second-order valence-corrected chi connectivity index (χ2v) is 35.7. The van der Waals surface area contributed by atoms with Crippen molar-refractivity contribution in [2.24, 2.45) is 12.8 Å². The van der Waals surface area contributed by atoms with Crippen LogP contribution < -0.4 is 16.4 Å². The van der Waals surface area contributed by atoms with Gasteiger partial charge in [-0.15, -0.1) is 0 Å². The number of carbonyl (C=O) groups excluding carboxylic acids is 5. The highest BCUT2D eigenvalue weighted by atomic mass is 32.2. The first-order valence-electron chi connectivity index (χ1n) is 39.3. The topological polar surface area (TPSA) is 253 Å². The van der Waals surface area contributed by atoms with Crippen molar-refractivity contribution < 1.29 is 50.3 Å². The molecule has 4 spiro atoms. The van der Waals surface area contributed by atoms with Crippen LogP contribution in [-0.2, 0) is 88.7 Å². The number of rotatable bonds is 9. The Morgan fingerprint density at radius 2 is 0.862 bits per heavy atom. The summed E-state index contributed by atoms with van der Waals surface area (Å²) in [6.45, 7) is 25.6. The lowest BCUT2D eigenvalue weighted by Gasteiger charge is -2.43. The zero-order chi connectivity index (χ0) is 78.7. The number of sulfonamides is 2. The fourth-order valence-electron chi connectivity index (χ4n) is 17.6. The summed E-state index contributed by atoms with van der Waals surface area (Å²) in [7, 11) is -5.07. The van der Waals surface area contributed by atoms with Crippen LogP contribution in [0.5, 0.6) is 0 Å². The summed E-state index contributed by atoms with van der Waals surface area (Å²) in [5.74, 6) is 0.345. The molecule has 4 saturated heterocycles. The van der Waals surface area contributed by atoms with E-state index in [0.29, 0.717) is 94.7 Å². The van der Waals surface area contributed by atoms with Crippen LogP contribution in [0.4, 0.5) is 9.59 Å². The molecule has 0 bridgehead atoms. The number of benzene rings is 6. The van der Waals surface area contributed by atoms with E-state index in [-0.39, 0.29) is 74.6 Å². The molecule has 4 fully saturated rings. The van der Waals surface area contributed by atoms with Gasteiger partial charge >= 0.3 is 12.2 Å². The Labute approximate surface area is 647 Å². The number of hydrogen-bond donors (Lipinski definition) is 3. The molecule has 0 saturated carbocycles. The van der Waals surface area contributed by atoms with Gasteiger partial charge in [-0.05, 0) is 187 Å². The van der Waals surface area contributed by atoms with Crippen molar-refractivity contribution in [2.45, 2.75) is 216 Å². The monoisotopic (exact) mass is 1530 g/mol. The molecule has 3 atom stereocenters. The molecule has 8 aliphatic rings. The molecule has 4 aliphatic heterocycles. The number of aryl methyl sites for hydroxylation is 1. The molecule has 4 amide bonds. The maximum atomic E-state index is 13.1. The molecule has 0 radical (unpaired) electrons. The second kappa shape index (κ2) is 34.8. The highest BCUT2D eigenvalue weighted by Crippen LogP contribution is 2.50. The second-order valence-electron chi connectivity index (χ2n) is 31.7. The number of Topliss-reactive ketones (excluding diaryl/α,β-unsaturated/α-hetero) is 1. The van der Waals surface area contributed by atoms with Gasteiger partial charge in [-0.3, -0.25) is 14.4 Å². The molecule has 6 aromatic carbocycles. The number of ketones is 1. The fourth-order valence-corrected chi connectivity index (χ4v) is 20.6. The number of imidazole rings is 1. The quantitative estimate of drug-likeness (QED) is 0.122. The number of hydrogen-bond acceptors (Lipinski definition) is 13. The van der Waals surface area contributed by atoms with E-state index in [1.807, 2.05) is 184 Å². The summed E-state index contributed by atoms with van der Waals surface area (Å²) in [5.41, 5.74) is 16.1. The number of amides is 4. The number of fused-ring (bicyclic) bond motifs is 8. The number of nitrogens with two attached hydrogens (primary N) is 1. The molecule has 4 aliphatic carbocycles. The molecule has 109 heavy (non-hydrogen) atoms. The zero-order valence-electron chi connectivity index (χ0n) is 66.0. The Morgan fingerprint density at radius 1 is 0.495 bits per heavy atom. The van der Waals surface area contributed by atoms with E-state index in [2.05, 4.69) is 70.2 Å². The van der Waals surface area contributed by atoms with Crippen LogP contribution in [0.1, 0.15) is 199 Å². The molecule has 586 valence electrons. The van der Waals surface area contributed by atoms with Crippen LogP contribution in [-0.4, -0.2) is 162 Å². The van der Waals surface area contributed by atoms with Crippen LogP contribution >= 0.6 is 0 Å². The number of nitrogens with zero attached hydrogens (tertiary/aromatic N) is 6. The van der Waals surface area contributed by atoms with E-state index in [9.17, 15) is 40.8 Å². The predicted molar refractivity (Wildman–Crippen MR) is 429 cm³/mol. The van der Waals surface area contributed by atoms with Gasteiger partial charge in [0.15, 0.2) is 5.03 Å². The molecular weight excluding hydrogens is 1410 g/mol. The summed E-state index contributed by atoms with van der Waals surface area (Å²) in [6.07, 6.45) is 12.2. The molecular formula is C87H115N9O11S2. The van der Waals surface area contributed by atoms with Crippen molar-refractivity contribution in [2.75, 3.05) is 58.1 Å². The molecule has 3 unspecified atom stereocenters. The standard InChI is InChI=1S/C24H26N4O3S.C23H28N2O3S.C18H26N2O2.C18H23NO3.2C2H6/c1-27-16-22(25-17-27)32(30,31)28-13-11-24(12-14-28)20-10-6-5-9-19(20)15-21(24)26-23(29)18-7-3-2-4-8-18;1-2-16-29(27,28)25-14-12-23(13-15-25)20-11-7-6-10-19(20)17-21(23)24-22(26)18-8-4-3-5-9-18;1-17(2,3)22-16(21)20-10-8-18(9-11-20)14-7-5-4-6-13(14)12-15(18)19;1-17(2,3)22-16(21)19-10-8-18(9-11-19)14-7-5-4-6-13(14)12-15(18)20;2*1-2/h2-10,16-17,21H,11-15H2,1H3,(H,26,29);3-11,21H,2,12-17H2,1H3,(H,24,26);4-7,15H,8-12,19H2,1-3H3;4-7H,8-12H2,1-3H3;2*1-2H3. The van der Waals surface area contributed by atoms with Crippen LogP contribution in [0, 0.1) is 0 Å². The van der Waals surface area contributed by atoms with Crippen LogP contribution in [0.2, 0.25) is 0 Å². The average molecular weight is 1530 g/mol. The third kappa shape index (κ3) is 18.1. The summed E-state index contributed by atoms with van der Waals surface area (Å²) < 4.78 is 66.9. The molecule has 20 nitrogen and oxygen atoms in total. The van der Waals surface area contributed by atoms with Crippen LogP contribution in [0.15, 0.2) is 175 Å². The summed E-state index contributed by atoms with van der Waals surface area (Å²) in [4.78, 5) is 70.4. The lowest BCUT2D eigenvalue weighted by molar-refractivity contribution is -0.124. The lowest BCUT2D eigenvalue weighted by atomic mass is 9.71. The van der Waals surface area contributed by atoms with Gasteiger partial charge < -0.3 is 40.2 Å². The van der Waals surface area contributed by atoms with Crippen LogP contribution in [0.3, 0.4) is 0 Å². The third-order valence-electron chi connectivity index (χ3n) is 23.0. The van der Waals surface area contributed by atoms with Gasteiger partial charge in [-0.25, -0.2) is 35.7 Å². The molecule has 22 heteroatoms. The van der Waals surface area contributed by atoms with Crippen molar-refractivity contribution in [1.29, 1.82) is 0 Å².